The van der Waals surface area contributed by atoms with E-state index in [1.807, 2.05) is 4.90 Å². The average Bonchev–Trinajstić information content (AvgIpc) is 3.36. The number of benzene rings is 1. The number of nitrogens with one attached hydrogen (secondary N) is 1. The Morgan fingerprint density at radius 3 is 1.84 bits per heavy atom. The fourth-order valence-corrected chi connectivity index (χ4v) is 4.35. The van der Waals surface area contributed by atoms with Crippen molar-refractivity contribution in [2.75, 3.05) is 49.1 Å². The summed E-state index contributed by atoms with van der Waals surface area (Å²) in [6, 6.07) is 9.52. The van der Waals surface area contributed by atoms with Gasteiger partial charge in [-0.1, -0.05) is 12.8 Å². The van der Waals surface area contributed by atoms with Gasteiger partial charge in [0.2, 0.25) is 0 Å². The van der Waals surface area contributed by atoms with Crippen LogP contribution in [0.15, 0.2) is 24.3 Å². The molecule has 1 aromatic carbocycles. The zero-order valence-corrected chi connectivity index (χ0v) is 15.1. The molecule has 1 aromatic rings. The summed E-state index contributed by atoms with van der Waals surface area (Å²) >= 11 is 0. The number of anilines is 2. The Balaban J connectivity index is 1.28. The molecule has 5 nitrogen and oxygen atoms in total. The second kappa shape index (κ2) is 7.54. The van der Waals surface area contributed by atoms with Gasteiger partial charge < -0.3 is 20.0 Å². The van der Waals surface area contributed by atoms with Crippen LogP contribution in [0.25, 0.3) is 0 Å². The first kappa shape index (κ1) is 16.6. The van der Waals surface area contributed by atoms with Crippen LogP contribution in [0.5, 0.6) is 0 Å². The highest BCUT2D eigenvalue weighted by atomic mass is 16.2. The number of carbonyl (C=O) groups is 1. The second-order valence-corrected chi connectivity index (χ2v) is 7.62. The molecule has 3 fully saturated rings. The van der Waals surface area contributed by atoms with Crippen LogP contribution >= 0.6 is 0 Å². The van der Waals surface area contributed by atoms with Crippen molar-refractivity contribution in [3.8, 4) is 0 Å². The van der Waals surface area contributed by atoms with Gasteiger partial charge in [0.25, 0.3) is 0 Å². The zero-order chi connectivity index (χ0) is 17.1. The normalized spacial score (nSPS) is 21.8. The third-order valence-corrected chi connectivity index (χ3v) is 5.94. The molecule has 0 atom stereocenters. The van der Waals surface area contributed by atoms with Crippen molar-refractivity contribution in [3.63, 3.8) is 0 Å². The van der Waals surface area contributed by atoms with Gasteiger partial charge >= 0.3 is 6.03 Å². The van der Waals surface area contributed by atoms with Gasteiger partial charge in [0.05, 0.1) is 0 Å². The summed E-state index contributed by atoms with van der Waals surface area (Å²) in [5.74, 6) is 0. The highest BCUT2D eigenvalue weighted by molar-refractivity contribution is 5.75. The highest BCUT2D eigenvalue weighted by Crippen LogP contribution is 2.24. The third-order valence-electron chi connectivity index (χ3n) is 5.94. The molecule has 0 spiro atoms. The molecule has 0 aromatic heterocycles. The maximum atomic E-state index is 12.4. The predicted octanol–water partition coefficient (Wildman–Crippen LogP) is 3.06. The summed E-state index contributed by atoms with van der Waals surface area (Å²) < 4.78 is 0. The average molecular weight is 342 g/mol. The van der Waals surface area contributed by atoms with Crippen molar-refractivity contribution in [2.24, 2.45) is 0 Å². The summed E-state index contributed by atoms with van der Waals surface area (Å²) in [6.45, 7) is 5.84. The standard InChI is InChI=1S/C20H30N4O/c25-20(21-17-5-1-2-6-17)24-15-13-23(14-16-24)19-9-7-18(8-10-19)22-11-3-4-12-22/h7-10,17H,1-6,11-16H2,(H,21,25). The fourth-order valence-electron chi connectivity index (χ4n) is 4.35. The summed E-state index contributed by atoms with van der Waals surface area (Å²) in [5.41, 5.74) is 2.62. The van der Waals surface area contributed by atoms with Crippen LogP contribution in [-0.2, 0) is 0 Å². The van der Waals surface area contributed by atoms with Crippen molar-refractivity contribution in [1.29, 1.82) is 0 Å². The number of hydrogen-bond acceptors (Lipinski definition) is 3. The van der Waals surface area contributed by atoms with Crippen molar-refractivity contribution in [3.05, 3.63) is 24.3 Å². The quantitative estimate of drug-likeness (QED) is 0.917. The Labute approximate surface area is 151 Å². The molecule has 1 saturated carbocycles. The number of urea groups is 1. The molecular formula is C20H30N4O. The Morgan fingerprint density at radius 1 is 0.760 bits per heavy atom. The Morgan fingerprint density at radius 2 is 1.28 bits per heavy atom. The van der Waals surface area contributed by atoms with Crippen molar-refractivity contribution in [1.82, 2.24) is 10.2 Å². The lowest BCUT2D eigenvalue weighted by Crippen LogP contribution is -2.53. The van der Waals surface area contributed by atoms with E-state index in [0.717, 1.165) is 39.0 Å². The lowest BCUT2D eigenvalue weighted by Gasteiger charge is -2.36. The van der Waals surface area contributed by atoms with Crippen LogP contribution in [-0.4, -0.2) is 56.2 Å². The first-order valence-electron chi connectivity index (χ1n) is 9.95. The van der Waals surface area contributed by atoms with Gasteiger partial charge in [-0.15, -0.1) is 0 Å². The van der Waals surface area contributed by atoms with E-state index < -0.39 is 0 Å². The van der Waals surface area contributed by atoms with Gasteiger partial charge in [0.15, 0.2) is 0 Å². The molecule has 0 radical (unpaired) electrons. The van der Waals surface area contributed by atoms with Crippen molar-refractivity contribution >= 4 is 17.4 Å². The lowest BCUT2D eigenvalue weighted by atomic mass is 10.2. The third kappa shape index (κ3) is 3.86. The molecule has 2 heterocycles. The Hall–Kier alpha value is -1.91. The fraction of sp³-hybridized carbons (Fsp3) is 0.650. The molecule has 2 amide bonds. The molecule has 1 aliphatic carbocycles. The van der Waals surface area contributed by atoms with Gasteiger partial charge in [0.1, 0.15) is 0 Å². The molecule has 136 valence electrons. The molecule has 0 bridgehead atoms. The minimum atomic E-state index is 0.135. The van der Waals surface area contributed by atoms with Crippen LogP contribution in [0, 0.1) is 0 Å². The smallest absolute Gasteiger partial charge is 0.317 e. The molecular weight excluding hydrogens is 312 g/mol. The van der Waals surface area contributed by atoms with E-state index in [4.69, 9.17) is 0 Å². The number of amides is 2. The molecule has 2 aliphatic heterocycles. The van der Waals surface area contributed by atoms with Crippen molar-refractivity contribution < 1.29 is 4.79 Å². The Bertz CT molecular complexity index is 568. The van der Waals surface area contributed by atoms with E-state index in [1.54, 1.807) is 0 Å². The molecule has 2 saturated heterocycles. The summed E-state index contributed by atoms with van der Waals surface area (Å²) in [4.78, 5) is 19.2. The minimum Gasteiger partial charge on any atom is -0.372 e. The van der Waals surface area contributed by atoms with E-state index >= 15 is 0 Å². The summed E-state index contributed by atoms with van der Waals surface area (Å²) in [6.07, 6.45) is 7.43. The molecule has 25 heavy (non-hydrogen) atoms. The van der Waals surface area contributed by atoms with Crippen LogP contribution in [0.3, 0.4) is 0 Å². The van der Waals surface area contributed by atoms with Crippen LogP contribution < -0.4 is 15.1 Å². The minimum absolute atomic E-state index is 0.135. The SMILES string of the molecule is O=C(NC1CCCC1)N1CCN(c2ccc(N3CCCC3)cc2)CC1. The number of rotatable bonds is 3. The monoisotopic (exact) mass is 342 g/mol. The van der Waals surface area contributed by atoms with Gasteiger partial charge in [0, 0.05) is 56.7 Å². The second-order valence-electron chi connectivity index (χ2n) is 7.62. The highest BCUT2D eigenvalue weighted by Gasteiger charge is 2.24. The van der Waals surface area contributed by atoms with E-state index in [1.165, 1.54) is 50.1 Å². The largest absolute Gasteiger partial charge is 0.372 e. The maximum absolute atomic E-state index is 12.4. The van der Waals surface area contributed by atoms with E-state index in [2.05, 4.69) is 39.4 Å². The van der Waals surface area contributed by atoms with E-state index in [-0.39, 0.29) is 6.03 Å². The predicted molar refractivity (Wildman–Crippen MR) is 102 cm³/mol. The maximum Gasteiger partial charge on any atom is 0.317 e. The summed E-state index contributed by atoms with van der Waals surface area (Å²) in [5, 5.41) is 3.20. The number of hydrogen-bond donors (Lipinski definition) is 1. The lowest BCUT2D eigenvalue weighted by molar-refractivity contribution is 0.190. The molecule has 3 aliphatic rings. The first-order chi connectivity index (χ1) is 12.3. The summed E-state index contributed by atoms with van der Waals surface area (Å²) in [7, 11) is 0. The van der Waals surface area contributed by atoms with Crippen LogP contribution in [0.4, 0.5) is 16.2 Å². The molecule has 0 unspecified atom stereocenters. The Kier molecular flexibility index (Phi) is 4.99. The molecule has 4 rings (SSSR count). The number of carbonyl (C=O) groups excluding carboxylic acids is 1. The van der Waals surface area contributed by atoms with Gasteiger partial charge in [-0.05, 0) is 49.9 Å². The molecule has 1 N–H and O–H groups in total. The van der Waals surface area contributed by atoms with Gasteiger partial charge in [-0.2, -0.15) is 0 Å². The zero-order valence-electron chi connectivity index (χ0n) is 15.1. The van der Waals surface area contributed by atoms with E-state index in [9.17, 15) is 4.79 Å². The number of piperazine rings is 1. The van der Waals surface area contributed by atoms with Gasteiger partial charge in [-0.25, -0.2) is 4.79 Å². The van der Waals surface area contributed by atoms with Crippen LogP contribution in [0.1, 0.15) is 38.5 Å². The van der Waals surface area contributed by atoms with E-state index in [0.29, 0.717) is 6.04 Å². The molecule has 5 heteroatoms. The van der Waals surface area contributed by atoms with Crippen LogP contribution in [0.2, 0.25) is 0 Å². The first-order valence-corrected chi connectivity index (χ1v) is 9.95. The van der Waals surface area contributed by atoms with Crippen molar-refractivity contribution in [2.45, 2.75) is 44.6 Å². The van der Waals surface area contributed by atoms with Gasteiger partial charge in [-0.3, -0.25) is 0 Å². The topological polar surface area (TPSA) is 38.8 Å². The number of nitrogens with zero attached hydrogens (tertiary/aromatic N) is 3.